The fourth-order valence-corrected chi connectivity index (χ4v) is 4.57. The molecule has 1 aliphatic carbocycles. The summed E-state index contributed by atoms with van der Waals surface area (Å²) in [7, 11) is 0. The van der Waals surface area contributed by atoms with E-state index in [0.717, 1.165) is 33.4 Å². The maximum absolute atomic E-state index is 13.6. The van der Waals surface area contributed by atoms with E-state index in [4.69, 9.17) is 9.47 Å². The summed E-state index contributed by atoms with van der Waals surface area (Å²) in [5.41, 5.74) is 6.41. The van der Waals surface area contributed by atoms with Gasteiger partial charge in [0.15, 0.2) is 19.4 Å². The van der Waals surface area contributed by atoms with Crippen LogP contribution in [0.4, 0.5) is 0 Å². The lowest BCUT2D eigenvalue weighted by Crippen LogP contribution is -2.05. The number of ether oxygens (including phenoxy) is 2. The number of aliphatic hydroxyl groups is 2. The molecule has 2 N–H and O–H groups in total. The Morgan fingerprint density at radius 3 is 1.91 bits per heavy atom. The van der Waals surface area contributed by atoms with Gasteiger partial charge in [0.05, 0.1) is 0 Å². The molecule has 0 radical (unpaired) electrons. The average molecular weight is 438 g/mol. The van der Waals surface area contributed by atoms with Crippen LogP contribution in [0.5, 0.6) is 11.5 Å². The Bertz CT molecular complexity index is 1330. The third kappa shape index (κ3) is 3.67. The van der Waals surface area contributed by atoms with E-state index in [1.807, 2.05) is 78.9 Å². The summed E-state index contributed by atoms with van der Waals surface area (Å²) < 4.78 is 11.1. The third-order valence-corrected chi connectivity index (χ3v) is 5.96. The summed E-state index contributed by atoms with van der Waals surface area (Å²) in [6, 6.07) is 26.2. The van der Waals surface area contributed by atoms with Crippen LogP contribution >= 0.6 is 0 Å². The highest BCUT2D eigenvalue weighted by atomic mass is 16.6. The Hall–Kier alpha value is -3.93. The van der Waals surface area contributed by atoms with Crippen molar-refractivity contribution < 1.29 is 24.5 Å². The zero-order valence-corrected chi connectivity index (χ0v) is 17.8. The minimum atomic E-state index is -0.463. The van der Waals surface area contributed by atoms with Crippen molar-refractivity contribution in [3.05, 3.63) is 107 Å². The number of aliphatic hydroxyl groups excluding tert-OH is 2. The molecule has 5 heteroatoms. The SMILES string of the molecule is O=C(c1ccccc1)c1cccc2c1-c1cccc(OCO)c1Cc1c(OCO)cccc1-2. The predicted molar refractivity (Wildman–Crippen MR) is 125 cm³/mol. The molecule has 0 saturated carbocycles. The van der Waals surface area contributed by atoms with Crippen LogP contribution in [0.2, 0.25) is 0 Å². The average Bonchev–Trinajstić information content (AvgIpc) is 3.00. The molecule has 164 valence electrons. The highest BCUT2D eigenvalue weighted by Crippen LogP contribution is 2.47. The molecule has 0 spiro atoms. The van der Waals surface area contributed by atoms with E-state index < -0.39 is 13.6 Å². The van der Waals surface area contributed by atoms with E-state index in [9.17, 15) is 15.0 Å². The normalized spacial score (nSPS) is 11.6. The van der Waals surface area contributed by atoms with Crippen molar-refractivity contribution in [3.8, 4) is 33.8 Å². The van der Waals surface area contributed by atoms with Gasteiger partial charge in [-0.3, -0.25) is 4.79 Å². The summed E-state index contributed by atoms with van der Waals surface area (Å²) in [5.74, 6) is 1.03. The van der Waals surface area contributed by atoms with E-state index in [2.05, 4.69) is 0 Å². The van der Waals surface area contributed by atoms with E-state index >= 15 is 0 Å². The summed E-state index contributed by atoms with van der Waals surface area (Å²) in [4.78, 5) is 13.6. The number of hydrogen-bond donors (Lipinski definition) is 2. The first-order valence-electron chi connectivity index (χ1n) is 10.7. The van der Waals surface area contributed by atoms with Crippen LogP contribution in [0.3, 0.4) is 0 Å². The molecule has 0 atom stereocenters. The molecular formula is C28H22O5. The molecule has 0 aliphatic heterocycles. The Morgan fingerprint density at radius 2 is 1.24 bits per heavy atom. The fourth-order valence-electron chi connectivity index (χ4n) is 4.57. The molecule has 0 bridgehead atoms. The third-order valence-electron chi connectivity index (χ3n) is 5.96. The molecule has 0 saturated heterocycles. The molecule has 5 nitrogen and oxygen atoms in total. The maximum Gasteiger partial charge on any atom is 0.193 e. The van der Waals surface area contributed by atoms with Gasteiger partial charge in [0, 0.05) is 34.2 Å². The van der Waals surface area contributed by atoms with Gasteiger partial charge in [0.1, 0.15) is 11.5 Å². The van der Waals surface area contributed by atoms with Gasteiger partial charge in [-0.2, -0.15) is 0 Å². The first-order chi connectivity index (χ1) is 16.2. The van der Waals surface area contributed by atoms with Gasteiger partial charge in [-0.1, -0.05) is 72.8 Å². The van der Waals surface area contributed by atoms with Gasteiger partial charge >= 0.3 is 0 Å². The number of benzene rings is 4. The number of fused-ring (bicyclic) bond motifs is 5. The second kappa shape index (κ2) is 8.90. The van der Waals surface area contributed by atoms with Gasteiger partial charge < -0.3 is 19.7 Å². The molecule has 0 heterocycles. The second-order valence-electron chi connectivity index (χ2n) is 7.71. The topological polar surface area (TPSA) is 76.0 Å². The molecule has 33 heavy (non-hydrogen) atoms. The lowest BCUT2D eigenvalue weighted by molar-refractivity contribution is 0.0969. The predicted octanol–water partition coefficient (Wildman–Crippen LogP) is 4.81. The number of carbonyl (C=O) groups is 1. The standard InChI is InChI=1S/C28H22O5/c29-16-32-25-13-5-9-19-20-10-4-12-22(28(31)18-7-2-1-3-8-18)27(20)21-11-6-14-26(33-17-30)24(21)15-23(19)25/h1-14,29-30H,15-17H2. The summed E-state index contributed by atoms with van der Waals surface area (Å²) in [6.07, 6.45) is 0.449. The van der Waals surface area contributed by atoms with Gasteiger partial charge in [0.2, 0.25) is 0 Å². The minimum absolute atomic E-state index is 0.0712. The highest BCUT2D eigenvalue weighted by Gasteiger charge is 2.28. The smallest absolute Gasteiger partial charge is 0.193 e. The molecule has 0 unspecified atom stereocenters. The Morgan fingerprint density at radius 1 is 0.667 bits per heavy atom. The Balaban J connectivity index is 1.84. The van der Waals surface area contributed by atoms with Crippen molar-refractivity contribution in [1.82, 2.24) is 0 Å². The van der Waals surface area contributed by atoms with E-state index in [-0.39, 0.29) is 5.78 Å². The van der Waals surface area contributed by atoms with Crippen LogP contribution in [-0.4, -0.2) is 29.6 Å². The number of rotatable bonds is 6. The quantitative estimate of drug-likeness (QED) is 0.294. The summed E-state index contributed by atoms with van der Waals surface area (Å²) in [5, 5.41) is 18.9. The number of hydrogen-bond acceptors (Lipinski definition) is 5. The van der Waals surface area contributed by atoms with Crippen molar-refractivity contribution in [2.24, 2.45) is 0 Å². The minimum Gasteiger partial charge on any atom is -0.467 e. The lowest BCUT2D eigenvalue weighted by Gasteiger charge is -2.17. The highest BCUT2D eigenvalue weighted by molar-refractivity contribution is 6.15. The Labute approximate surface area is 191 Å². The molecular weight excluding hydrogens is 416 g/mol. The van der Waals surface area contributed by atoms with Crippen molar-refractivity contribution in [2.45, 2.75) is 6.42 Å². The van der Waals surface area contributed by atoms with Crippen molar-refractivity contribution >= 4 is 5.78 Å². The van der Waals surface area contributed by atoms with Crippen molar-refractivity contribution in [3.63, 3.8) is 0 Å². The monoisotopic (exact) mass is 438 g/mol. The first-order valence-corrected chi connectivity index (χ1v) is 10.7. The maximum atomic E-state index is 13.6. The van der Waals surface area contributed by atoms with Crippen LogP contribution in [-0.2, 0) is 6.42 Å². The summed E-state index contributed by atoms with van der Waals surface area (Å²) >= 11 is 0. The van der Waals surface area contributed by atoms with Gasteiger partial charge in [0.25, 0.3) is 0 Å². The van der Waals surface area contributed by atoms with Gasteiger partial charge in [-0.25, -0.2) is 0 Å². The summed E-state index contributed by atoms with van der Waals surface area (Å²) in [6.45, 7) is -0.910. The largest absolute Gasteiger partial charge is 0.467 e. The van der Waals surface area contributed by atoms with Crippen LogP contribution in [0, 0.1) is 0 Å². The van der Waals surface area contributed by atoms with Crippen LogP contribution in [0.25, 0.3) is 22.3 Å². The number of carbonyl (C=O) groups excluding carboxylic acids is 1. The zero-order valence-electron chi connectivity index (χ0n) is 17.8. The molecule has 0 amide bonds. The fraction of sp³-hybridized carbons (Fsp3) is 0.107. The molecule has 0 fully saturated rings. The van der Waals surface area contributed by atoms with E-state index in [1.165, 1.54) is 0 Å². The molecule has 4 aromatic carbocycles. The van der Waals surface area contributed by atoms with Crippen molar-refractivity contribution in [1.29, 1.82) is 0 Å². The van der Waals surface area contributed by atoms with E-state index in [0.29, 0.717) is 29.0 Å². The van der Waals surface area contributed by atoms with Gasteiger partial charge in [-0.05, 0) is 28.8 Å². The molecule has 1 aliphatic rings. The van der Waals surface area contributed by atoms with Crippen LogP contribution < -0.4 is 9.47 Å². The molecule has 0 aromatic heterocycles. The Kier molecular flexibility index (Phi) is 5.65. The lowest BCUT2D eigenvalue weighted by atomic mass is 9.87. The van der Waals surface area contributed by atoms with Crippen LogP contribution in [0.1, 0.15) is 27.0 Å². The van der Waals surface area contributed by atoms with Crippen molar-refractivity contribution in [2.75, 3.05) is 13.6 Å². The van der Waals surface area contributed by atoms with Crippen LogP contribution in [0.15, 0.2) is 84.9 Å². The molecule has 4 aromatic rings. The molecule has 5 rings (SSSR count). The first kappa shape index (κ1) is 20.9. The number of ketones is 1. The van der Waals surface area contributed by atoms with Gasteiger partial charge in [-0.15, -0.1) is 0 Å². The van der Waals surface area contributed by atoms with E-state index in [1.54, 1.807) is 6.07 Å². The zero-order chi connectivity index (χ0) is 22.8. The second-order valence-corrected chi connectivity index (χ2v) is 7.71.